The fraction of sp³-hybridized carbons (Fsp3) is 0.692. The van der Waals surface area contributed by atoms with E-state index in [1.54, 1.807) is 12.4 Å². The molecule has 2 rings (SSSR count). The van der Waals surface area contributed by atoms with Crippen molar-refractivity contribution in [3.63, 3.8) is 0 Å². The molecule has 0 radical (unpaired) electrons. The van der Waals surface area contributed by atoms with Crippen molar-refractivity contribution in [2.24, 2.45) is 0 Å². The Morgan fingerprint density at radius 1 is 0.607 bits per heavy atom. The van der Waals surface area contributed by atoms with Crippen LogP contribution < -0.4 is 0 Å². The minimum Gasteiger partial charge on any atom is -0.253 e. The van der Waals surface area contributed by atoms with Crippen LogP contribution >= 0.6 is 0 Å². The number of aryl methyl sites for hydroxylation is 2. The second-order valence-electron chi connectivity index (χ2n) is 8.56. The maximum Gasteiger partial charge on any atom is 0.0918 e. The van der Waals surface area contributed by atoms with Crippen LogP contribution in [0.5, 0.6) is 0 Å². The number of fused-ring (bicyclic) bond motifs is 1. The van der Waals surface area contributed by atoms with E-state index in [4.69, 9.17) is 0 Å². The predicted octanol–water partition coefficient (Wildman–Crippen LogP) is 8.27. The molecular weight excluding hydrogens is 340 g/mol. The smallest absolute Gasteiger partial charge is 0.0918 e. The maximum atomic E-state index is 4.50. The summed E-state index contributed by atoms with van der Waals surface area (Å²) >= 11 is 0. The van der Waals surface area contributed by atoms with Crippen molar-refractivity contribution in [3.8, 4) is 0 Å². The summed E-state index contributed by atoms with van der Waals surface area (Å²) in [7, 11) is 0. The Morgan fingerprint density at radius 3 is 1.68 bits per heavy atom. The lowest BCUT2D eigenvalue weighted by Crippen LogP contribution is -1.97. The number of rotatable bonds is 15. The number of nitrogens with zero attached hydrogens (tertiary/aromatic N) is 2. The molecule has 0 unspecified atom stereocenters. The fourth-order valence-electron chi connectivity index (χ4n) is 4.20. The molecule has 2 heteroatoms. The van der Waals surface area contributed by atoms with Crippen LogP contribution in [-0.4, -0.2) is 9.97 Å². The lowest BCUT2D eigenvalue weighted by atomic mass is 9.96. The summed E-state index contributed by atoms with van der Waals surface area (Å²) in [5.74, 6) is 0. The van der Waals surface area contributed by atoms with E-state index in [-0.39, 0.29) is 0 Å². The van der Waals surface area contributed by atoms with E-state index in [9.17, 15) is 0 Å². The molecule has 2 aromatic rings. The van der Waals surface area contributed by atoms with E-state index in [2.05, 4.69) is 36.8 Å². The first kappa shape index (κ1) is 22.8. The van der Waals surface area contributed by atoms with Crippen LogP contribution in [0.25, 0.3) is 11.0 Å². The highest BCUT2D eigenvalue weighted by atomic mass is 14.8. The molecule has 0 aliphatic heterocycles. The maximum absolute atomic E-state index is 4.50. The molecule has 0 fully saturated rings. The second-order valence-corrected chi connectivity index (χ2v) is 8.56. The monoisotopic (exact) mass is 382 g/mol. The summed E-state index contributed by atoms with van der Waals surface area (Å²) in [6, 6.07) is 2.26. The molecule has 2 nitrogen and oxygen atoms in total. The summed E-state index contributed by atoms with van der Waals surface area (Å²) in [6.45, 7) is 6.71. The topological polar surface area (TPSA) is 25.8 Å². The van der Waals surface area contributed by atoms with Crippen LogP contribution in [0.2, 0.25) is 0 Å². The molecule has 0 atom stereocenters. The normalized spacial score (nSPS) is 11.4. The molecule has 0 bridgehead atoms. The lowest BCUT2D eigenvalue weighted by Gasteiger charge is -2.11. The van der Waals surface area contributed by atoms with Crippen molar-refractivity contribution in [3.05, 3.63) is 35.2 Å². The Hall–Kier alpha value is -1.44. The Balaban J connectivity index is 1.51. The van der Waals surface area contributed by atoms with Crippen LogP contribution in [0, 0.1) is 13.8 Å². The van der Waals surface area contributed by atoms with E-state index < -0.39 is 0 Å². The first-order valence-electron chi connectivity index (χ1n) is 11.9. The SMILES string of the molecule is CCCCCCCCCCCCCCCCc1cc2nccnc2c(C)c1C. The van der Waals surface area contributed by atoms with Gasteiger partial charge in [0.25, 0.3) is 0 Å². The van der Waals surface area contributed by atoms with Crippen LogP contribution in [-0.2, 0) is 6.42 Å². The van der Waals surface area contributed by atoms with Gasteiger partial charge in [-0.15, -0.1) is 0 Å². The lowest BCUT2D eigenvalue weighted by molar-refractivity contribution is 0.535. The van der Waals surface area contributed by atoms with Crippen molar-refractivity contribution in [1.29, 1.82) is 0 Å². The average molecular weight is 383 g/mol. The van der Waals surface area contributed by atoms with Gasteiger partial charge in [-0.3, -0.25) is 9.97 Å². The Morgan fingerprint density at radius 2 is 1.11 bits per heavy atom. The molecule has 0 saturated carbocycles. The molecule has 156 valence electrons. The van der Waals surface area contributed by atoms with E-state index in [1.807, 2.05) is 0 Å². The van der Waals surface area contributed by atoms with E-state index in [0.717, 1.165) is 11.0 Å². The Labute approximate surface area is 173 Å². The molecule has 0 N–H and O–H groups in total. The Bertz CT molecular complexity index is 677. The standard InChI is InChI=1S/C26H42N2/c1-4-5-6-7-8-9-10-11-12-13-14-15-16-17-18-24-21-25-26(23(3)22(24)2)28-20-19-27-25/h19-21H,4-18H2,1-3H3. The second kappa shape index (κ2) is 13.7. The van der Waals surface area contributed by atoms with Gasteiger partial charge in [-0.1, -0.05) is 90.4 Å². The highest BCUT2D eigenvalue weighted by molar-refractivity contribution is 5.79. The zero-order valence-electron chi connectivity index (χ0n) is 18.7. The van der Waals surface area contributed by atoms with Crippen LogP contribution in [0.15, 0.2) is 18.5 Å². The van der Waals surface area contributed by atoms with Gasteiger partial charge >= 0.3 is 0 Å². The van der Waals surface area contributed by atoms with Crippen molar-refractivity contribution in [2.45, 2.75) is 117 Å². The summed E-state index contributed by atoms with van der Waals surface area (Å²) in [4.78, 5) is 8.99. The largest absolute Gasteiger partial charge is 0.253 e. The Kier molecular flexibility index (Phi) is 11.2. The molecule has 28 heavy (non-hydrogen) atoms. The van der Waals surface area contributed by atoms with E-state index >= 15 is 0 Å². The summed E-state index contributed by atoms with van der Waals surface area (Å²) < 4.78 is 0. The van der Waals surface area contributed by atoms with Gasteiger partial charge in [-0.2, -0.15) is 0 Å². The van der Waals surface area contributed by atoms with Crippen molar-refractivity contribution in [2.75, 3.05) is 0 Å². The molecule has 1 aromatic heterocycles. The van der Waals surface area contributed by atoms with Crippen LogP contribution in [0.3, 0.4) is 0 Å². The number of hydrogen-bond donors (Lipinski definition) is 0. The van der Waals surface area contributed by atoms with Crippen molar-refractivity contribution >= 4 is 11.0 Å². The quantitative estimate of drug-likeness (QED) is 0.290. The van der Waals surface area contributed by atoms with Gasteiger partial charge in [0.05, 0.1) is 11.0 Å². The minimum atomic E-state index is 1.05. The van der Waals surface area contributed by atoms with E-state index in [0.29, 0.717) is 0 Å². The van der Waals surface area contributed by atoms with E-state index in [1.165, 1.54) is 113 Å². The van der Waals surface area contributed by atoms with Gasteiger partial charge in [-0.05, 0) is 49.4 Å². The molecular formula is C26H42N2. The molecule has 0 saturated heterocycles. The molecule has 1 heterocycles. The van der Waals surface area contributed by atoms with Gasteiger partial charge in [0.1, 0.15) is 0 Å². The third-order valence-electron chi connectivity index (χ3n) is 6.24. The van der Waals surface area contributed by atoms with Gasteiger partial charge in [0.15, 0.2) is 0 Å². The number of benzene rings is 1. The van der Waals surface area contributed by atoms with Gasteiger partial charge in [-0.25, -0.2) is 0 Å². The zero-order valence-corrected chi connectivity index (χ0v) is 18.7. The van der Waals surface area contributed by atoms with Crippen LogP contribution in [0.4, 0.5) is 0 Å². The van der Waals surface area contributed by atoms with Gasteiger partial charge in [0.2, 0.25) is 0 Å². The average Bonchev–Trinajstić information content (AvgIpc) is 2.71. The summed E-state index contributed by atoms with van der Waals surface area (Å²) in [5, 5.41) is 0. The summed E-state index contributed by atoms with van der Waals surface area (Å²) in [5.41, 5.74) is 6.27. The molecule has 1 aromatic carbocycles. The van der Waals surface area contributed by atoms with Gasteiger partial charge < -0.3 is 0 Å². The van der Waals surface area contributed by atoms with Crippen LogP contribution in [0.1, 0.15) is 114 Å². The number of aromatic nitrogens is 2. The number of unbranched alkanes of at least 4 members (excludes halogenated alkanes) is 13. The van der Waals surface area contributed by atoms with Crippen molar-refractivity contribution < 1.29 is 0 Å². The number of hydrogen-bond acceptors (Lipinski definition) is 2. The fourth-order valence-corrected chi connectivity index (χ4v) is 4.20. The third kappa shape index (κ3) is 7.89. The predicted molar refractivity (Wildman–Crippen MR) is 123 cm³/mol. The summed E-state index contributed by atoms with van der Waals surface area (Å²) in [6.07, 6.45) is 24.6. The van der Waals surface area contributed by atoms with Crippen molar-refractivity contribution in [1.82, 2.24) is 9.97 Å². The molecule has 0 spiro atoms. The molecule has 0 aliphatic rings. The first-order valence-corrected chi connectivity index (χ1v) is 11.9. The minimum absolute atomic E-state index is 1.05. The highest BCUT2D eigenvalue weighted by Gasteiger charge is 2.08. The van der Waals surface area contributed by atoms with Gasteiger partial charge in [0, 0.05) is 12.4 Å². The first-order chi connectivity index (χ1) is 13.7. The third-order valence-corrected chi connectivity index (χ3v) is 6.24. The molecule has 0 amide bonds. The highest BCUT2D eigenvalue weighted by Crippen LogP contribution is 2.23. The zero-order chi connectivity index (χ0) is 20.0. The molecule has 0 aliphatic carbocycles.